The fourth-order valence-corrected chi connectivity index (χ4v) is 1.79. The van der Waals surface area contributed by atoms with Crippen molar-refractivity contribution in [1.82, 2.24) is 4.90 Å². The Balaban J connectivity index is 2.19. The van der Waals surface area contributed by atoms with Crippen LogP contribution in [0.25, 0.3) is 0 Å². The van der Waals surface area contributed by atoms with Gasteiger partial charge in [-0.1, -0.05) is 18.2 Å². The SMILES string of the molecule is CC1CN(C(=O)c2ccccc2)C(C=O)O1. The van der Waals surface area contributed by atoms with Crippen molar-refractivity contribution in [2.24, 2.45) is 0 Å². The van der Waals surface area contributed by atoms with Gasteiger partial charge in [-0.25, -0.2) is 0 Å². The van der Waals surface area contributed by atoms with Crippen LogP contribution >= 0.6 is 0 Å². The van der Waals surface area contributed by atoms with Crippen LogP contribution in [0, 0.1) is 0 Å². The topological polar surface area (TPSA) is 46.6 Å². The summed E-state index contributed by atoms with van der Waals surface area (Å²) in [5, 5.41) is 0. The normalized spacial score (nSPS) is 24.4. The zero-order valence-corrected chi connectivity index (χ0v) is 9.00. The van der Waals surface area contributed by atoms with E-state index in [-0.39, 0.29) is 12.0 Å². The van der Waals surface area contributed by atoms with Crippen LogP contribution < -0.4 is 0 Å². The van der Waals surface area contributed by atoms with Crippen molar-refractivity contribution in [3.8, 4) is 0 Å². The summed E-state index contributed by atoms with van der Waals surface area (Å²) in [6.07, 6.45) is -0.185. The molecule has 84 valence electrons. The number of hydrogen-bond acceptors (Lipinski definition) is 3. The Labute approximate surface area is 93.8 Å². The van der Waals surface area contributed by atoms with Crippen molar-refractivity contribution in [1.29, 1.82) is 0 Å². The lowest BCUT2D eigenvalue weighted by atomic mass is 10.2. The van der Waals surface area contributed by atoms with Crippen molar-refractivity contribution in [3.05, 3.63) is 35.9 Å². The molecule has 1 aliphatic rings. The van der Waals surface area contributed by atoms with Gasteiger partial charge in [0.05, 0.1) is 6.10 Å². The van der Waals surface area contributed by atoms with Crippen LogP contribution in [0.5, 0.6) is 0 Å². The van der Waals surface area contributed by atoms with Gasteiger partial charge >= 0.3 is 0 Å². The summed E-state index contributed by atoms with van der Waals surface area (Å²) >= 11 is 0. The first-order chi connectivity index (χ1) is 7.72. The van der Waals surface area contributed by atoms with Crippen molar-refractivity contribution >= 4 is 12.2 Å². The lowest BCUT2D eigenvalue weighted by Crippen LogP contribution is -2.37. The second-order valence-electron chi connectivity index (χ2n) is 3.80. The number of amides is 1. The van der Waals surface area contributed by atoms with E-state index in [9.17, 15) is 9.59 Å². The van der Waals surface area contributed by atoms with Crippen LogP contribution in [0.3, 0.4) is 0 Å². The van der Waals surface area contributed by atoms with Crippen LogP contribution in [-0.4, -0.2) is 36.0 Å². The van der Waals surface area contributed by atoms with Crippen LogP contribution in [-0.2, 0) is 9.53 Å². The Morgan fingerprint density at radius 1 is 1.44 bits per heavy atom. The van der Waals surface area contributed by atoms with E-state index < -0.39 is 6.23 Å². The predicted molar refractivity (Wildman–Crippen MR) is 57.9 cm³/mol. The summed E-state index contributed by atoms with van der Waals surface area (Å²) < 4.78 is 5.30. The maximum absolute atomic E-state index is 12.0. The number of ether oxygens (including phenoxy) is 1. The second kappa shape index (κ2) is 4.45. The van der Waals surface area contributed by atoms with E-state index in [4.69, 9.17) is 4.74 Å². The van der Waals surface area contributed by atoms with Crippen LogP contribution in [0.4, 0.5) is 0 Å². The molecule has 4 heteroatoms. The quantitative estimate of drug-likeness (QED) is 0.699. The Kier molecular flexibility index (Phi) is 3.01. The van der Waals surface area contributed by atoms with E-state index in [1.165, 1.54) is 4.90 Å². The zero-order chi connectivity index (χ0) is 11.5. The molecular weight excluding hydrogens is 206 g/mol. The molecule has 1 aliphatic heterocycles. The number of nitrogens with zero attached hydrogens (tertiary/aromatic N) is 1. The summed E-state index contributed by atoms with van der Waals surface area (Å²) in [4.78, 5) is 24.3. The summed E-state index contributed by atoms with van der Waals surface area (Å²) in [7, 11) is 0. The van der Waals surface area contributed by atoms with Gasteiger partial charge in [-0.3, -0.25) is 9.59 Å². The minimum absolute atomic E-state index is 0.0946. The van der Waals surface area contributed by atoms with Crippen LogP contribution in [0.2, 0.25) is 0 Å². The molecule has 0 N–H and O–H groups in total. The summed E-state index contributed by atoms with van der Waals surface area (Å²) in [6, 6.07) is 8.89. The van der Waals surface area contributed by atoms with Gasteiger partial charge < -0.3 is 9.64 Å². The van der Waals surface area contributed by atoms with Crippen molar-refractivity contribution < 1.29 is 14.3 Å². The number of carbonyl (C=O) groups is 2. The van der Waals surface area contributed by atoms with Gasteiger partial charge in [0.25, 0.3) is 5.91 Å². The number of benzene rings is 1. The van der Waals surface area contributed by atoms with Crippen molar-refractivity contribution in [2.45, 2.75) is 19.3 Å². The van der Waals surface area contributed by atoms with Crippen molar-refractivity contribution in [3.63, 3.8) is 0 Å². The Morgan fingerprint density at radius 3 is 2.75 bits per heavy atom. The summed E-state index contributed by atoms with van der Waals surface area (Å²) in [5.74, 6) is -0.165. The number of hydrogen-bond donors (Lipinski definition) is 0. The van der Waals surface area contributed by atoms with Crippen LogP contribution in [0.15, 0.2) is 30.3 Å². The van der Waals surface area contributed by atoms with Gasteiger partial charge in [0.1, 0.15) is 0 Å². The average Bonchev–Trinajstić information content (AvgIpc) is 2.70. The molecule has 1 aromatic carbocycles. The van der Waals surface area contributed by atoms with Gasteiger partial charge in [0.15, 0.2) is 12.5 Å². The molecule has 0 spiro atoms. The molecule has 1 heterocycles. The molecule has 2 atom stereocenters. The maximum atomic E-state index is 12.0. The van der Waals surface area contributed by atoms with E-state index in [2.05, 4.69) is 0 Å². The number of rotatable bonds is 2. The minimum atomic E-state index is -0.747. The third-order valence-electron chi connectivity index (χ3n) is 2.53. The van der Waals surface area contributed by atoms with Crippen LogP contribution in [0.1, 0.15) is 17.3 Å². The lowest BCUT2D eigenvalue weighted by Gasteiger charge is -2.18. The minimum Gasteiger partial charge on any atom is -0.346 e. The molecule has 4 nitrogen and oxygen atoms in total. The summed E-state index contributed by atoms with van der Waals surface area (Å²) in [6.45, 7) is 2.30. The predicted octanol–water partition coefficient (Wildman–Crippen LogP) is 1.07. The molecule has 0 bridgehead atoms. The van der Waals surface area contributed by atoms with Gasteiger partial charge in [0.2, 0.25) is 0 Å². The Bertz CT molecular complexity index is 391. The zero-order valence-electron chi connectivity index (χ0n) is 9.00. The smallest absolute Gasteiger partial charge is 0.256 e. The fraction of sp³-hybridized carbons (Fsp3) is 0.333. The monoisotopic (exact) mass is 219 g/mol. The average molecular weight is 219 g/mol. The fourth-order valence-electron chi connectivity index (χ4n) is 1.79. The van der Waals surface area contributed by atoms with E-state index in [0.29, 0.717) is 18.4 Å². The molecule has 0 radical (unpaired) electrons. The molecule has 16 heavy (non-hydrogen) atoms. The molecule has 1 saturated heterocycles. The van der Waals surface area contributed by atoms with Gasteiger partial charge in [0, 0.05) is 12.1 Å². The molecule has 2 unspecified atom stereocenters. The van der Waals surface area contributed by atoms with E-state index in [1.54, 1.807) is 24.3 Å². The number of carbonyl (C=O) groups excluding carboxylic acids is 2. The second-order valence-corrected chi connectivity index (χ2v) is 3.80. The molecule has 1 fully saturated rings. The highest BCUT2D eigenvalue weighted by atomic mass is 16.5. The molecular formula is C12H13NO3. The third kappa shape index (κ3) is 1.97. The van der Waals surface area contributed by atoms with E-state index >= 15 is 0 Å². The molecule has 0 aliphatic carbocycles. The first-order valence-electron chi connectivity index (χ1n) is 5.19. The van der Waals surface area contributed by atoms with E-state index in [0.717, 1.165) is 0 Å². The van der Waals surface area contributed by atoms with Gasteiger partial charge in [-0.2, -0.15) is 0 Å². The Hall–Kier alpha value is -1.68. The molecule has 1 aromatic rings. The highest BCUT2D eigenvalue weighted by Gasteiger charge is 2.33. The number of aldehydes is 1. The standard InChI is InChI=1S/C12H13NO3/c1-9-7-13(11(8-14)16-9)12(15)10-5-3-2-4-6-10/h2-6,8-9,11H,7H2,1H3. The lowest BCUT2D eigenvalue weighted by molar-refractivity contribution is -0.121. The Morgan fingerprint density at radius 2 is 2.12 bits per heavy atom. The summed E-state index contributed by atoms with van der Waals surface area (Å²) in [5.41, 5.74) is 0.576. The highest BCUT2D eigenvalue weighted by Crippen LogP contribution is 2.17. The van der Waals surface area contributed by atoms with Crippen molar-refractivity contribution in [2.75, 3.05) is 6.54 Å². The molecule has 0 aromatic heterocycles. The van der Waals surface area contributed by atoms with E-state index in [1.807, 2.05) is 13.0 Å². The molecule has 0 saturated carbocycles. The van der Waals surface area contributed by atoms with Gasteiger partial charge in [-0.05, 0) is 19.1 Å². The third-order valence-corrected chi connectivity index (χ3v) is 2.53. The molecule has 2 rings (SSSR count). The highest BCUT2D eigenvalue weighted by molar-refractivity contribution is 5.95. The first kappa shape index (κ1) is 10.8. The first-order valence-corrected chi connectivity index (χ1v) is 5.19. The maximum Gasteiger partial charge on any atom is 0.256 e. The van der Waals surface area contributed by atoms with Gasteiger partial charge in [-0.15, -0.1) is 0 Å². The largest absolute Gasteiger partial charge is 0.346 e. The molecule has 1 amide bonds.